The van der Waals surface area contributed by atoms with Gasteiger partial charge in [0.05, 0.1) is 12.4 Å². The molecule has 15 heteroatoms. The fourth-order valence-corrected chi connectivity index (χ4v) is 3.44. The molecule has 0 radical (unpaired) electrons. The van der Waals surface area contributed by atoms with Crippen LogP contribution in [0.4, 0.5) is 0 Å². The second-order valence-corrected chi connectivity index (χ2v) is 9.04. The van der Waals surface area contributed by atoms with E-state index in [-0.39, 0.29) is 30.5 Å². The summed E-state index contributed by atoms with van der Waals surface area (Å²) < 4.78 is 0. The number of carbonyl (C=O) groups excluding carboxylic acids is 3. The maximum absolute atomic E-state index is 13.0. The minimum Gasteiger partial charge on any atom is -0.480 e. The quantitative estimate of drug-likeness (QED) is 0.0491. The van der Waals surface area contributed by atoms with Gasteiger partial charge in [-0.05, 0) is 25.2 Å². The molecule has 1 aromatic heterocycles. The number of carboxylic acid groups (broad SMARTS) is 1. The van der Waals surface area contributed by atoms with Crippen LogP contribution >= 0.6 is 12.6 Å². The van der Waals surface area contributed by atoms with Gasteiger partial charge in [-0.1, -0.05) is 13.8 Å². The van der Waals surface area contributed by atoms with Gasteiger partial charge in [-0.3, -0.25) is 19.4 Å². The molecule has 202 valence electrons. The molecule has 0 saturated heterocycles. The van der Waals surface area contributed by atoms with Crippen LogP contribution in [0.1, 0.15) is 38.8 Å². The van der Waals surface area contributed by atoms with Gasteiger partial charge in [-0.2, -0.15) is 12.6 Å². The molecule has 4 atom stereocenters. The van der Waals surface area contributed by atoms with Crippen molar-refractivity contribution in [2.45, 2.75) is 63.7 Å². The highest BCUT2D eigenvalue weighted by atomic mass is 32.1. The Morgan fingerprint density at radius 2 is 1.69 bits per heavy atom. The third-order valence-electron chi connectivity index (χ3n) is 5.05. The van der Waals surface area contributed by atoms with E-state index in [9.17, 15) is 24.3 Å². The largest absolute Gasteiger partial charge is 0.480 e. The van der Waals surface area contributed by atoms with Crippen LogP contribution in [0.3, 0.4) is 0 Å². The molecule has 14 nitrogen and oxygen atoms in total. The van der Waals surface area contributed by atoms with Crippen LogP contribution in [0.2, 0.25) is 0 Å². The van der Waals surface area contributed by atoms with Gasteiger partial charge in [-0.15, -0.1) is 0 Å². The Balaban J connectivity index is 2.78. The standard InChI is InChI=1S/C21H37N9O5S/c1-11(2)6-14(28-17(31)13(22)4-3-5-26-21(23)24)18(32)30-16(9-36)19(33)29-15(20(34)35)7-12-8-25-10-27-12/h8,10-11,13-16,36H,3-7,9,22H2,1-2H3,(H,25,27)(H,28,31)(H,29,33)(H,30,32)(H,34,35)(H4,23,24,26). The Bertz CT molecular complexity index is 890. The topological polar surface area (TPSA) is 244 Å². The normalized spacial score (nSPS) is 14.2. The van der Waals surface area contributed by atoms with E-state index in [2.05, 4.69) is 43.5 Å². The van der Waals surface area contributed by atoms with Crippen LogP contribution in [-0.4, -0.2) is 81.2 Å². The smallest absolute Gasteiger partial charge is 0.326 e. The number of hydrogen-bond donors (Lipinski definition) is 9. The number of guanidine groups is 1. The van der Waals surface area contributed by atoms with Crippen LogP contribution in [0.15, 0.2) is 17.5 Å². The fourth-order valence-electron chi connectivity index (χ4n) is 3.19. The molecule has 36 heavy (non-hydrogen) atoms. The molecule has 0 saturated carbocycles. The lowest BCUT2D eigenvalue weighted by molar-refractivity contribution is -0.142. The van der Waals surface area contributed by atoms with E-state index in [1.807, 2.05) is 13.8 Å². The fraction of sp³-hybridized carbons (Fsp3) is 0.619. The summed E-state index contributed by atoms with van der Waals surface area (Å²) in [6, 6.07) is -4.23. The van der Waals surface area contributed by atoms with Crippen molar-refractivity contribution in [3.8, 4) is 0 Å². The number of nitrogens with one attached hydrogen (secondary N) is 4. The van der Waals surface area contributed by atoms with E-state index in [0.29, 0.717) is 25.1 Å². The van der Waals surface area contributed by atoms with Crippen LogP contribution in [0, 0.1) is 5.92 Å². The summed E-state index contributed by atoms with van der Waals surface area (Å²) in [6.07, 6.45) is 3.88. The number of H-pyrrole nitrogens is 1. The third kappa shape index (κ3) is 11.4. The first-order valence-electron chi connectivity index (χ1n) is 11.5. The summed E-state index contributed by atoms with van der Waals surface area (Å²) in [4.78, 5) is 60.3. The Morgan fingerprint density at radius 1 is 1.08 bits per heavy atom. The molecule has 4 unspecified atom stereocenters. The first kappa shape index (κ1) is 30.7. The summed E-state index contributed by atoms with van der Waals surface area (Å²) in [7, 11) is 0. The van der Waals surface area contributed by atoms with Crippen molar-refractivity contribution in [3.05, 3.63) is 18.2 Å². The lowest BCUT2D eigenvalue weighted by atomic mass is 10.0. The number of aromatic nitrogens is 2. The van der Waals surface area contributed by atoms with Crippen LogP contribution in [0.25, 0.3) is 0 Å². The summed E-state index contributed by atoms with van der Waals surface area (Å²) in [6.45, 7) is 4.06. The number of amides is 3. The zero-order chi connectivity index (χ0) is 27.3. The molecule has 0 bridgehead atoms. The van der Waals surface area contributed by atoms with E-state index >= 15 is 0 Å². The maximum Gasteiger partial charge on any atom is 0.326 e. The second-order valence-electron chi connectivity index (χ2n) is 8.67. The van der Waals surface area contributed by atoms with E-state index in [4.69, 9.17) is 17.2 Å². The van der Waals surface area contributed by atoms with Gasteiger partial charge in [0.15, 0.2) is 5.96 Å². The van der Waals surface area contributed by atoms with E-state index in [0.717, 1.165) is 0 Å². The predicted octanol–water partition coefficient (Wildman–Crippen LogP) is -2.15. The first-order valence-corrected chi connectivity index (χ1v) is 12.1. The van der Waals surface area contributed by atoms with Gasteiger partial charge in [0.25, 0.3) is 0 Å². The maximum atomic E-state index is 13.0. The molecule has 0 spiro atoms. The average Bonchev–Trinajstić information content (AvgIpc) is 3.31. The average molecular weight is 528 g/mol. The number of rotatable bonds is 16. The van der Waals surface area contributed by atoms with Crippen molar-refractivity contribution in [1.29, 1.82) is 0 Å². The number of carbonyl (C=O) groups is 4. The van der Waals surface area contributed by atoms with Crippen molar-refractivity contribution in [2.75, 3.05) is 12.3 Å². The Kier molecular flexibility index (Phi) is 13.3. The highest BCUT2D eigenvalue weighted by Gasteiger charge is 2.30. The zero-order valence-corrected chi connectivity index (χ0v) is 21.3. The Labute approximate surface area is 215 Å². The second kappa shape index (κ2) is 15.6. The number of nitrogens with two attached hydrogens (primary N) is 3. The van der Waals surface area contributed by atoms with E-state index in [1.54, 1.807) is 0 Å². The Morgan fingerprint density at radius 3 is 2.22 bits per heavy atom. The first-order chi connectivity index (χ1) is 16.9. The molecule has 1 aromatic rings. The monoisotopic (exact) mass is 527 g/mol. The van der Waals surface area contributed by atoms with Crippen molar-refractivity contribution in [2.24, 2.45) is 28.1 Å². The molecule has 0 aromatic carbocycles. The highest BCUT2D eigenvalue weighted by molar-refractivity contribution is 7.80. The Hall–Kier alpha value is -3.33. The number of aromatic amines is 1. The van der Waals surface area contributed by atoms with Crippen molar-refractivity contribution in [1.82, 2.24) is 25.9 Å². The van der Waals surface area contributed by atoms with Crippen LogP contribution in [-0.2, 0) is 25.6 Å². The van der Waals surface area contributed by atoms with E-state index < -0.39 is 47.9 Å². The third-order valence-corrected chi connectivity index (χ3v) is 5.42. The van der Waals surface area contributed by atoms with Crippen molar-refractivity contribution in [3.63, 3.8) is 0 Å². The number of carboxylic acids is 1. The minimum atomic E-state index is -1.25. The summed E-state index contributed by atoms with van der Waals surface area (Å²) >= 11 is 4.12. The molecule has 0 fully saturated rings. The van der Waals surface area contributed by atoms with Gasteiger partial charge >= 0.3 is 5.97 Å². The van der Waals surface area contributed by atoms with Gasteiger partial charge in [0.2, 0.25) is 17.7 Å². The van der Waals surface area contributed by atoms with Gasteiger partial charge < -0.3 is 43.2 Å². The SMILES string of the molecule is CC(C)CC(NC(=O)C(N)CCCN=C(N)N)C(=O)NC(CS)C(=O)NC(Cc1cnc[nH]1)C(=O)O. The molecule has 1 heterocycles. The zero-order valence-electron chi connectivity index (χ0n) is 20.4. The molecule has 0 aliphatic carbocycles. The molecule has 0 aliphatic heterocycles. The summed E-state index contributed by atoms with van der Waals surface area (Å²) in [5.74, 6) is -3.23. The number of hydrogen-bond acceptors (Lipinski definition) is 8. The minimum absolute atomic E-state index is 0.0264. The molecule has 1 rings (SSSR count). The van der Waals surface area contributed by atoms with Gasteiger partial charge in [0, 0.05) is 30.6 Å². The summed E-state index contributed by atoms with van der Waals surface area (Å²) in [5, 5.41) is 17.0. The number of nitrogens with zero attached hydrogens (tertiary/aromatic N) is 2. The summed E-state index contributed by atoms with van der Waals surface area (Å²) in [5.41, 5.74) is 17.0. The van der Waals surface area contributed by atoms with Crippen LogP contribution < -0.4 is 33.2 Å². The predicted molar refractivity (Wildman–Crippen MR) is 137 cm³/mol. The van der Waals surface area contributed by atoms with Crippen molar-refractivity contribution >= 4 is 42.3 Å². The lowest BCUT2D eigenvalue weighted by Gasteiger charge is -2.25. The molecule has 0 aliphatic rings. The molecular formula is C21H37N9O5S. The van der Waals surface area contributed by atoms with Crippen molar-refractivity contribution < 1.29 is 24.3 Å². The van der Waals surface area contributed by atoms with Gasteiger partial charge in [-0.25, -0.2) is 9.78 Å². The number of aliphatic carboxylic acids is 1. The number of aliphatic imine (C=N–C) groups is 1. The molecule has 11 N–H and O–H groups in total. The van der Waals surface area contributed by atoms with E-state index in [1.165, 1.54) is 12.5 Å². The number of thiol groups is 1. The molecular weight excluding hydrogens is 490 g/mol. The van der Waals surface area contributed by atoms with Gasteiger partial charge in [0.1, 0.15) is 18.1 Å². The number of imidazole rings is 1. The molecule has 3 amide bonds. The van der Waals surface area contributed by atoms with Crippen LogP contribution in [0.5, 0.6) is 0 Å². The lowest BCUT2D eigenvalue weighted by Crippen LogP contribution is -2.58. The highest BCUT2D eigenvalue weighted by Crippen LogP contribution is 2.07.